The molecule has 166 valence electrons. The largest absolute Gasteiger partial charge is 0.496 e. The maximum atomic E-state index is 13.0. The van der Waals surface area contributed by atoms with Crippen molar-refractivity contribution >= 4 is 21.8 Å². The van der Waals surface area contributed by atoms with Gasteiger partial charge in [0.25, 0.3) is 10.0 Å². The SMILES string of the molecule is COc1ccccc1C(NC(=O)CN(C)C1=NS(=O)(=O)c2ccccc21)c1nccn1C. The molecule has 0 spiro atoms. The second-order valence-electron chi connectivity index (χ2n) is 7.38. The second-order valence-corrected chi connectivity index (χ2v) is 8.95. The van der Waals surface area contributed by atoms with E-state index >= 15 is 0 Å². The fourth-order valence-electron chi connectivity index (χ4n) is 3.70. The van der Waals surface area contributed by atoms with Crippen molar-refractivity contribution < 1.29 is 17.9 Å². The van der Waals surface area contributed by atoms with Gasteiger partial charge in [-0.15, -0.1) is 4.40 Å². The minimum Gasteiger partial charge on any atom is -0.496 e. The van der Waals surface area contributed by atoms with Crippen LogP contribution in [0.3, 0.4) is 0 Å². The molecule has 1 unspecified atom stereocenters. The van der Waals surface area contributed by atoms with E-state index in [-0.39, 0.29) is 23.2 Å². The zero-order valence-electron chi connectivity index (χ0n) is 17.9. The molecule has 0 saturated carbocycles. The van der Waals surface area contributed by atoms with Crippen LogP contribution in [0.4, 0.5) is 0 Å². The number of methoxy groups -OCH3 is 1. The van der Waals surface area contributed by atoms with Crippen LogP contribution in [0.2, 0.25) is 0 Å². The van der Waals surface area contributed by atoms with Gasteiger partial charge in [0.15, 0.2) is 5.84 Å². The summed E-state index contributed by atoms with van der Waals surface area (Å²) in [5.74, 6) is 1.17. The zero-order valence-corrected chi connectivity index (χ0v) is 18.7. The van der Waals surface area contributed by atoms with Gasteiger partial charge in [0.05, 0.1) is 13.7 Å². The average molecular weight is 454 g/mol. The fraction of sp³-hybridized carbons (Fsp3) is 0.227. The van der Waals surface area contributed by atoms with Gasteiger partial charge in [-0.25, -0.2) is 4.98 Å². The summed E-state index contributed by atoms with van der Waals surface area (Å²) in [4.78, 5) is 19.1. The van der Waals surface area contributed by atoms with Gasteiger partial charge in [0, 0.05) is 37.6 Å². The van der Waals surface area contributed by atoms with Crippen molar-refractivity contribution in [2.75, 3.05) is 20.7 Å². The lowest BCUT2D eigenvalue weighted by Crippen LogP contribution is -2.40. The molecule has 0 aliphatic carbocycles. The van der Waals surface area contributed by atoms with Crippen LogP contribution >= 0.6 is 0 Å². The van der Waals surface area contributed by atoms with Crippen molar-refractivity contribution in [3.8, 4) is 5.75 Å². The topological polar surface area (TPSA) is 106 Å². The van der Waals surface area contributed by atoms with Crippen LogP contribution in [0.15, 0.2) is 70.2 Å². The predicted octanol–water partition coefficient (Wildman–Crippen LogP) is 1.72. The average Bonchev–Trinajstić information content (AvgIpc) is 3.32. The molecule has 1 atom stereocenters. The van der Waals surface area contributed by atoms with Gasteiger partial charge in [0.2, 0.25) is 5.91 Å². The summed E-state index contributed by atoms with van der Waals surface area (Å²) in [6.07, 6.45) is 3.45. The first-order valence-corrected chi connectivity index (χ1v) is 11.3. The summed E-state index contributed by atoms with van der Waals surface area (Å²) in [7, 11) is 1.28. The van der Waals surface area contributed by atoms with Crippen LogP contribution in [0.5, 0.6) is 5.75 Å². The van der Waals surface area contributed by atoms with E-state index in [1.54, 1.807) is 44.8 Å². The van der Waals surface area contributed by atoms with Gasteiger partial charge >= 0.3 is 0 Å². The molecule has 1 aliphatic rings. The lowest BCUT2D eigenvalue weighted by atomic mass is 10.0. The number of likely N-dealkylation sites (N-methyl/N-ethyl adjacent to an activating group) is 1. The molecule has 1 N–H and O–H groups in total. The van der Waals surface area contributed by atoms with Crippen molar-refractivity contribution in [1.29, 1.82) is 0 Å². The Labute approximate surface area is 186 Å². The third-order valence-corrected chi connectivity index (χ3v) is 6.55. The number of fused-ring (bicyclic) bond motifs is 1. The van der Waals surface area contributed by atoms with Crippen LogP contribution in [0, 0.1) is 0 Å². The maximum absolute atomic E-state index is 13.0. The standard InChI is InChI=1S/C22H23N5O4S/c1-26-13-12-23-22(26)20(15-8-4-6-10-17(15)31-3)24-19(28)14-27(2)21-16-9-5-7-11-18(16)32(29,30)25-21/h4-13,20H,14H2,1-3H3,(H,24,28). The van der Waals surface area contributed by atoms with Gasteiger partial charge in [-0.2, -0.15) is 8.42 Å². The molecule has 2 heterocycles. The van der Waals surface area contributed by atoms with E-state index in [2.05, 4.69) is 14.7 Å². The van der Waals surface area contributed by atoms with Gasteiger partial charge in [-0.3, -0.25) is 4.79 Å². The minimum atomic E-state index is -3.77. The Morgan fingerprint density at radius 1 is 1.19 bits per heavy atom. The summed E-state index contributed by atoms with van der Waals surface area (Å²) < 4.78 is 35.9. The highest BCUT2D eigenvalue weighted by Crippen LogP contribution is 2.29. The maximum Gasteiger partial charge on any atom is 0.285 e. The highest BCUT2D eigenvalue weighted by molar-refractivity contribution is 7.90. The molecule has 1 amide bonds. The van der Waals surface area contributed by atoms with E-state index < -0.39 is 16.1 Å². The number of hydrogen-bond donors (Lipinski definition) is 1. The number of ether oxygens (including phenoxy) is 1. The van der Waals surface area contributed by atoms with Crippen LogP contribution in [-0.2, 0) is 21.9 Å². The second kappa shape index (κ2) is 8.46. The molecule has 9 nitrogen and oxygen atoms in total. The fourth-order valence-corrected chi connectivity index (χ4v) is 4.95. The Bertz CT molecular complexity index is 1300. The first kappa shape index (κ1) is 21.6. The van der Waals surface area contributed by atoms with Gasteiger partial charge < -0.3 is 19.5 Å². The Morgan fingerprint density at radius 3 is 2.62 bits per heavy atom. The smallest absolute Gasteiger partial charge is 0.285 e. The summed E-state index contributed by atoms with van der Waals surface area (Å²) in [6.45, 7) is -0.0985. The minimum absolute atomic E-state index is 0.0985. The number of aromatic nitrogens is 2. The van der Waals surface area contributed by atoms with E-state index in [4.69, 9.17) is 4.74 Å². The van der Waals surface area contributed by atoms with E-state index in [9.17, 15) is 13.2 Å². The number of amides is 1. The zero-order chi connectivity index (χ0) is 22.9. The lowest BCUT2D eigenvalue weighted by molar-refractivity contribution is -0.121. The summed E-state index contributed by atoms with van der Waals surface area (Å²) in [6, 6.07) is 13.4. The van der Waals surface area contributed by atoms with Crippen molar-refractivity contribution in [3.05, 3.63) is 77.9 Å². The molecule has 4 rings (SSSR count). The van der Waals surface area contributed by atoms with E-state index in [0.717, 1.165) is 5.56 Å². The number of carbonyl (C=O) groups excluding carboxylic acids is 1. The first-order valence-electron chi connectivity index (χ1n) is 9.87. The molecule has 1 aromatic heterocycles. The monoisotopic (exact) mass is 453 g/mol. The summed E-state index contributed by atoms with van der Waals surface area (Å²) in [5.41, 5.74) is 1.24. The normalized spacial score (nSPS) is 14.9. The van der Waals surface area contributed by atoms with Crippen LogP contribution in [0.25, 0.3) is 0 Å². The molecular weight excluding hydrogens is 430 g/mol. The quantitative estimate of drug-likeness (QED) is 0.609. The molecule has 0 saturated heterocycles. The van der Waals surface area contributed by atoms with Gasteiger partial charge in [-0.1, -0.05) is 30.3 Å². The molecular formula is C22H23N5O4S. The highest BCUT2D eigenvalue weighted by Gasteiger charge is 2.31. The summed E-state index contributed by atoms with van der Waals surface area (Å²) >= 11 is 0. The van der Waals surface area contributed by atoms with Crippen LogP contribution < -0.4 is 10.1 Å². The molecule has 10 heteroatoms. The number of carbonyl (C=O) groups is 1. The number of aryl methyl sites for hydroxylation is 1. The Kier molecular flexibility index (Phi) is 5.70. The van der Waals surface area contributed by atoms with Crippen LogP contribution in [-0.4, -0.2) is 55.3 Å². The number of nitrogens with zero attached hydrogens (tertiary/aromatic N) is 4. The number of rotatable bonds is 6. The molecule has 0 radical (unpaired) electrons. The Morgan fingerprint density at radius 2 is 1.91 bits per heavy atom. The van der Waals surface area contributed by atoms with Crippen LogP contribution in [0.1, 0.15) is 23.0 Å². The molecule has 32 heavy (non-hydrogen) atoms. The number of hydrogen-bond acceptors (Lipinski definition) is 6. The Hall–Kier alpha value is -3.66. The molecule has 0 fully saturated rings. The van der Waals surface area contributed by atoms with Crippen molar-refractivity contribution in [3.63, 3.8) is 0 Å². The van der Waals surface area contributed by atoms with E-state index in [1.165, 1.54) is 11.0 Å². The van der Waals surface area contributed by atoms with Crippen molar-refractivity contribution in [2.45, 2.75) is 10.9 Å². The third-order valence-electron chi connectivity index (χ3n) is 5.23. The van der Waals surface area contributed by atoms with Crippen molar-refractivity contribution in [2.24, 2.45) is 11.4 Å². The lowest BCUT2D eigenvalue weighted by Gasteiger charge is -2.23. The summed E-state index contributed by atoms with van der Waals surface area (Å²) in [5, 5.41) is 3.00. The van der Waals surface area contributed by atoms with E-state index in [1.807, 2.05) is 35.9 Å². The number of imidazole rings is 1. The molecule has 2 aromatic carbocycles. The Balaban J connectivity index is 1.59. The van der Waals surface area contributed by atoms with E-state index in [0.29, 0.717) is 17.1 Å². The number of amidine groups is 1. The first-order chi connectivity index (χ1) is 15.3. The molecule has 3 aromatic rings. The third kappa shape index (κ3) is 3.96. The molecule has 0 bridgehead atoms. The van der Waals surface area contributed by atoms with Crippen molar-refractivity contribution in [1.82, 2.24) is 19.8 Å². The molecule has 1 aliphatic heterocycles. The number of nitrogens with one attached hydrogen (secondary N) is 1. The number of para-hydroxylation sites is 1. The number of benzene rings is 2. The number of sulfonamides is 1. The van der Waals surface area contributed by atoms with Gasteiger partial charge in [0.1, 0.15) is 22.5 Å². The predicted molar refractivity (Wildman–Crippen MR) is 119 cm³/mol. The highest BCUT2D eigenvalue weighted by atomic mass is 32.2. The van der Waals surface area contributed by atoms with Gasteiger partial charge in [-0.05, 0) is 18.2 Å².